The van der Waals surface area contributed by atoms with Gasteiger partial charge in [0.15, 0.2) is 16.6 Å². The number of rotatable bonds is 11. The van der Waals surface area contributed by atoms with Crippen LogP contribution in [0.1, 0.15) is 60.5 Å². The number of H-pyrrole nitrogens is 1. The van der Waals surface area contributed by atoms with Crippen LogP contribution in [0.15, 0.2) is 49.8 Å². The molecule has 0 radical (unpaired) electrons. The molecule has 1 heterocycles. The molecule has 0 spiro atoms. The van der Waals surface area contributed by atoms with Crippen LogP contribution in [-0.4, -0.2) is 39.4 Å². The highest BCUT2D eigenvalue weighted by Gasteiger charge is 2.57. The van der Waals surface area contributed by atoms with E-state index >= 15 is 0 Å². The first-order chi connectivity index (χ1) is 17.8. The number of aromatic nitrogens is 2. The van der Waals surface area contributed by atoms with Crippen molar-refractivity contribution >= 4 is 28.4 Å². The molecule has 218 valence electrons. The van der Waals surface area contributed by atoms with E-state index in [0.29, 0.717) is 31.7 Å². The minimum Gasteiger partial charge on any atom is -0.416 e. The minimum absolute atomic E-state index is 0.115. The van der Waals surface area contributed by atoms with Crippen molar-refractivity contribution in [2.45, 2.75) is 114 Å². The lowest BCUT2D eigenvalue weighted by Gasteiger charge is -2.40. The summed E-state index contributed by atoms with van der Waals surface area (Å²) in [5.41, 5.74) is -0.111. The molecule has 1 N–H and O–H groups in total. The average Bonchev–Trinajstić information content (AvgIpc) is 3.51. The van der Waals surface area contributed by atoms with Crippen molar-refractivity contribution in [2.24, 2.45) is 11.3 Å². The Hall–Kier alpha value is -1.40. The highest BCUT2D eigenvalue weighted by Crippen LogP contribution is 2.56. The van der Waals surface area contributed by atoms with Crippen molar-refractivity contribution < 1.29 is 8.85 Å². The molecular weight excluding hydrogens is 541 g/mol. The molecule has 2 aromatic rings. The summed E-state index contributed by atoms with van der Waals surface area (Å²) in [4.78, 5) is 29.6. The zero-order valence-corrected chi connectivity index (χ0v) is 28.8. The monoisotopic (exact) mass is 590 g/mol. The van der Waals surface area contributed by atoms with Crippen LogP contribution < -0.4 is 11.2 Å². The number of hydrogen-bond acceptors (Lipinski definition) is 5. The molecule has 6 nitrogen and oxygen atoms in total. The molecule has 0 aliphatic heterocycles. The van der Waals surface area contributed by atoms with Gasteiger partial charge in [0.25, 0.3) is 5.56 Å². The van der Waals surface area contributed by atoms with E-state index < -0.39 is 16.6 Å². The molecule has 1 aliphatic rings. The van der Waals surface area contributed by atoms with E-state index in [1.54, 1.807) is 4.57 Å². The Morgan fingerprint density at radius 2 is 1.46 bits per heavy atom. The predicted molar refractivity (Wildman–Crippen MR) is 168 cm³/mol. The molecule has 9 heteroatoms. The van der Waals surface area contributed by atoms with Gasteiger partial charge in [-0.05, 0) is 67.2 Å². The van der Waals surface area contributed by atoms with Crippen molar-refractivity contribution in [2.75, 3.05) is 13.2 Å². The summed E-state index contributed by atoms with van der Waals surface area (Å²) in [6.45, 7) is 26.6. The topological polar surface area (TPSA) is 73.3 Å². The molecule has 0 saturated heterocycles. The number of nitrogens with zero attached hydrogens (tertiary/aromatic N) is 1. The van der Waals surface area contributed by atoms with Crippen LogP contribution >= 0.6 is 11.8 Å². The lowest BCUT2D eigenvalue weighted by molar-refractivity contribution is 0.126. The van der Waals surface area contributed by atoms with Crippen molar-refractivity contribution in [3.05, 3.63) is 56.7 Å². The molecule has 39 heavy (non-hydrogen) atoms. The van der Waals surface area contributed by atoms with E-state index in [2.05, 4.69) is 72.7 Å². The van der Waals surface area contributed by atoms with Crippen LogP contribution in [0.2, 0.25) is 36.3 Å². The van der Waals surface area contributed by atoms with Crippen LogP contribution in [0, 0.1) is 11.3 Å². The van der Waals surface area contributed by atoms with Gasteiger partial charge in [-0.2, -0.15) is 0 Å². The maximum atomic E-state index is 13.2. The second-order valence-electron chi connectivity index (χ2n) is 14.3. The summed E-state index contributed by atoms with van der Waals surface area (Å²) in [5.74, 6) is 0.232. The molecular formula is C30H50N2O4SSi2. The average molecular weight is 591 g/mol. The van der Waals surface area contributed by atoms with Gasteiger partial charge in [-0.25, -0.2) is 4.79 Å². The van der Waals surface area contributed by atoms with E-state index in [-0.39, 0.29) is 32.7 Å². The Morgan fingerprint density at radius 3 is 1.92 bits per heavy atom. The highest BCUT2D eigenvalue weighted by atomic mass is 32.2. The van der Waals surface area contributed by atoms with E-state index in [9.17, 15) is 9.59 Å². The van der Waals surface area contributed by atoms with Gasteiger partial charge in [0, 0.05) is 35.6 Å². The van der Waals surface area contributed by atoms with Gasteiger partial charge in [0.2, 0.25) is 0 Å². The molecule has 1 aromatic carbocycles. The number of nitrogens with one attached hydrogen (secondary N) is 1. The summed E-state index contributed by atoms with van der Waals surface area (Å²) in [6, 6.07) is 9.96. The maximum absolute atomic E-state index is 13.2. The summed E-state index contributed by atoms with van der Waals surface area (Å²) in [5, 5.41) is 0.975. The Labute approximate surface area is 241 Å². The van der Waals surface area contributed by atoms with Crippen LogP contribution in [0.5, 0.6) is 0 Å². The van der Waals surface area contributed by atoms with Crippen molar-refractivity contribution in [1.29, 1.82) is 0 Å². The van der Waals surface area contributed by atoms with Gasteiger partial charge in [-0.3, -0.25) is 14.3 Å². The van der Waals surface area contributed by atoms with Gasteiger partial charge in [0.1, 0.15) is 0 Å². The van der Waals surface area contributed by atoms with Gasteiger partial charge in [0.05, 0.1) is 5.03 Å². The number of aromatic amines is 1. The van der Waals surface area contributed by atoms with Crippen LogP contribution in [0.3, 0.4) is 0 Å². The van der Waals surface area contributed by atoms with Crippen LogP contribution in [0.25, 0.3) is 0 Å². The Morgan fingerprint density at radius 1 is 0.949 bits per heavy atom. The second-order valence-corrected chi connectivity index (χ2v) is 25.0. The summed E-state index contributed by atoms with van der Waals surface area (Å²) >= 11 is 1.50. The zero-order valence-electron chi connectivity index (χ0n) is 26.0. The third kappa shape index (κ3) is 7.28. The molecule has 3 rings (SSSR count). The fraction of sp³-hybridized carbons (Fsp3) is 0.667. The van der Waals surface area contributed by atoms with E-state index in [1.807, 2.05) is 37.3 Å². The van der Waals surface area contributed by atoms with Crippen LogP contribution in [0.4, 0.5) is 0 Å². The van der Waals surface area contributed by atoms with Crippen molar-refractivity contribution in [1.82, 2.24) is 9.55 Å². The van der Waals surface area contributed by atoms with E-state index in [1.165, 1.54) is 11.8 Å². The van der Waals surface area contributed by atoms with Gasteiger partial charge in [-0.1, -0.05) is 78.4 Å². The molecule has 0 amide bonds. The summed E-state index contributed by atoms with van der Waals surface area (Å²) in [6.07, 6.45) is 1.50. The molecule has 1 saturated carbocycles. The predicted octanol–water partition coefficient (Wildman–Crippen LogP) is 7.30. The fourth-order valence-electron chi connectivity index (χ4n) is 4.17. The largest absolute Gasteiger partial charge is 0.416 e. The first kappa shape index (κ1) is 32.1. The molecule has 1 aromatic heterocycles. The highest BCUT2D eigenvalue weighted by molar-refractivity contribution is 7.99. The molecule has 1 unspecified atom stereocenters. The minimum atomic E-state index is -1.97. The smallest absolute Gasteiger partial charge is 0.329 e. The van der Waals surface area contributed by atoms with Gasteiger partial charge in [-0.15, -0.1) is 0 Å². The summed E-state index contributed by atoms with van der Waals surface area (Å²) < 4.78 is 15.4. The normalized spacial score (nSPS) is 17.9. The quantitative estimate of drug-likeness (QED) is 0.220. The molecule has 1 aliphatic carbocycles. The lowest BCUT2D eigenvalue weighted by Crippen LogP contribution is -2.45. The lowest BCUT2D eigenvalue weighted by atomic mass is 10.1. The third-order valence-electron chi connectivity index (χ3n) is 9.37. The SMILES string of the molecule is CCc1c(Sc2ccccc2)n(CC2CC2(CO[Si](C)(C)C(C)(C)C)CO[Si](C)(C)C(C)(C)C)c(=O)[nH]c1=O. The third-order valence-corrected chi connectivity index (χ3v) is 19.5. The number of benzene rings is 1. The Balaban J connectivity index is 1.95. The van der Waals surface area contributed by atoms with Crippen molar-refractivity contribution in [3.63, 3.8) is 0 Å². The molecule has 0 bridgehead atoms. The molecule has 1 atom stereocenters. The zero-order chi connectivity index (χ0) is 29.4. The van der Waals surface area contributed by atoms with Gasteiger partial charge < -0.3 is 8.85 Å². The van der Waals surface area contributed by atoms with Gasteiger partial charge >= 0.3 is 5.69 Å². The first-order valence-corrected chi connectivity index (χ1v) is 20.8. The van der Waals surface area contributed by atoms with E-state index in [0.717, 1.165) is 16.3 Å². The van der Waals surface area contributed by atoms with E-state index in [4.69, 9.17) is 8.85 Å². The standard InChI is InChI=1S/C30H50N2O4SSi2/c1-12-24-25(33)31-27(34)32(26(24)37-23-16-14-13-15-17-23)19-22-18-30(22,20-35-38(8,9)28(2,3)4)21-36-39(10,11)29(5,6)7/h13-17,22H,12,18-21H2,1-11H3,(H,31,33,34). The summed E-state index contributed by atoms with van der Waals surface area (Å²) in [7, 11) is -3.93. The fourth-order valence-corrected chi connectivity index (χ4v) is 7.48. The maximum Gasteiger partial charge on any atom is 0.329 e. The Bertz CT molecular complexity index is 1230. The number of hydrogen-bond donors (Lipinski definition) is 1. The second kappa shape index (κ2) is 11.5. The van der Waals surface area contributed by atoms with Crippen LogP contribution in [-0.2, 0) is 21.8 Å². The Kier molecular flexibility index (Phi) is 9.45. The first-order valence-electron chi connectivity index (χ1n) is 14.2. The molecule has 1 fully saturated rings. The van der Waals surface area contributed by atoms with Crippen molar-refractivity contribution in [3.8, 4) is 0 Å².